The molecule has 0 spiro atoms. The van der Waals surface area contributed by atoms with E-state index in [0.717, 1.165) is 11.5 Å². The molecule has 1 N–H and O–H groups in total. The number of hydrogen-bond donors (Lipinski definition) is 1. The topological polar surface area (TPSA) is 73.6 Å². The van der Waals surface area contributed by atoms with Crippen LogP contribution in [0.15, 0.2) is 30.6 Å². The molecule has 0 unspecified atom stereocenters. The molecule has 1 aromatic carbocycles. The summed E-state index contributed by atoms with van der Waals surface area (Å²) in [6.45, 7) is 6.31. The number of hydrogen-bond acceptors (Lipinski definition) is 6. The molecule has 2 aromatic heterocycles. The Hall–Kier alpha value is -2.83. The third kappa shape index (κ3) is 2.84. The smallest absolute Gasteiger partial charge is 0.204 e. The molecule has 0 aliphatic carbocycles. The summed E-state index contributed by atoms with van der Waals surface area (Å²) >= 11 is 0. The van der Waals surface area contributed by atoms with Crippen molar-refractivity contribution in [2.75, 3.05) is 19.5 Å². The fourth-order valence-corrected chi connectivity index (χ4v) is 2.48. The molecule has 7 heteroatoms. The van der Waals surface area contributed by atoms with E-state index in [1.807, 2.05) is 28.8 Å². The second-order valence-corrected chi connectivity index (χ2v) is 6.44. The van der Waals surface area contributed by atoms with Gasteiger partial charge in [0.2, 0.25) is 5.65 Å². The predicted molar refractivity (Wildman–Crippen MR) is 92.3 cm³/mol. The molecular weight excluding hydrogens is 306 g/mol. The summed E-state index contributed by atoms with van der Waals surface area (Å²) in [6, 6.07) is 5.59. The number of methoxy groups -OCH3 is 2. The number of aromatic nitrogens is 4. The van der Waals surface area contributed by atoms with Gasteiger partial charge in [-0.05, 0) is 12.1 Å². The first kappa shape index (κ1) is 16.0. The van der Waals surface area contributed by atoms with Crippen LogP contribution in [0.25, 0.3) is 5.65 Å². The van der Waals surface area contributed by atoms with E-state index in [1.54, 1.807) is 20.4 Å². The van der Waals surface area contributed by atoms with Gasteiger partial charge in [-0.3, -0.25) is 4.40 Å². The largest absolute Gasteiger partial charge is 0.493 e. The maximum atomic E-state index is 5.33. The van der Waals surface area contributed by atoms with Crippen molar-refractivity contribution in [3.63, 3.8) is 0 Å². The van der Waals surface area contributed by atoms with Crippen molar-refractivity contribution in [3.05, 3.63) is 36.4 Å². The minimum atomic E-state index is -0.110. The summed E-state index contributed by atoms with van der Waals surface area (Å²) in [5, 5.41) is 11.9. The minimum absolute atomic E-state index is 0.110. The molecule has 3 aromatic rings. The number of rotatable bonds is 4. The van der Waals surface area contributed by atoms with Crippen molar-refractivity contribution < 1.29 is 9.47 Å². The Bertz CT molecular complexity index is 867. The van der Waals surface area contributed by atoms with E-state index in [9.17, 15) is 0 Å². The lowest BCUT2D eigenvalue weighted by atomic mass is 9.96. The summed E-state index contributed by atoms with van der Waals surface area (Å²) in [7, 11) is 3.21. The van der Waals surface area contributed by atoms with Crippen LogP contribution in [0, 0.1) is 0 Å². The lowest BCUT2D eigenvalue weighted by Crippen LogP contribution is -2.16. The molecule has 0 saturated carbocycles. The Morgan fingerprint density at radius 3 is 2.46 bits per heavy atom. The summed E-state index contributed by atoms with van der Waals surface area (Å²) in [5.74, 6) is 2.83. The van der Waals surface area contributed by atoms with Crippen LogP contribution in [0.1, 0.15) is 26.6 Å². The van der Waals surface area contributed by atoms with Gasteiger partial charge in [0.05, 0.1) is 14.2 Å². The zero-order valence-electron chi connectivity index (χ0n) is 14.5. The second kappa shape index (κ2) is 5.99. The summed E-state index contributed by atoms with van der Waals surface area (Å²) in [5.41, 5.74) is 1.40. The molecule has 0 amide bonds. The highest BCUT2D eigenvalue weighted by Crippen LogP contribution is 2.31. The number of nitrogens with zero attached hydrogens (tertiary/aromatic N) is 4. The zero-order chi connectivity index (χ0) is 17.3. The average Bonchev–Trinajstić information content (AvgIpc) is 3.00. The van der Waals surface area contributed by atoms with E-state index in [2.05, 4.69) is 41.3 Å². The molecule has 0 aliphatic rings. The Balaban J connectivity index is 2.01. The van der Waals surface area contributed by atoms with E-state index in [4.69, 9.17) is 9.47 Å². The minimum Gasteiger partial charge on any atom is -0.493 e. The van der Waals surface area contributed by atoms with E-state index in [0.29, 0.717) is 23.0 Å². The van der Waals surface area contributed by atoms with Gasteiger partial charge in [-0.2, -0.15) is 0 Å². The average molecular weight is 327 g/mol. The van der Waals surface area contributed by atoms with Gasteiger partial charge in [-0.15, -0.1) is 10.2 Å². The van der Waals surface area contributed by atoms with Crippen molar-refractivity contribution in [2.45, 2.75) is 26.2 Å². The first-order chi connectivity index (χ1) is 11.4. The highest BCUT2D eigenvalue weighted by atomic mass is 16.5. The molecule has 0 saturated heterocycles. The van der Waals surface area contributed by atoms with Crippen LogP contribution in [-0.2, 0) is 5.41 Å². The SMILES string of the molecule is COc1ccc(Nc2nccn3c(C(C)(C)C)nnc23)cc1OC. The van der Waals surface area contributed by atoms with Gasteiger partial charge in [-0.25, -0.2) is 4.98 Å². The Labute approximate surface area is 140 Å². The van der Waals surface area contributed by atoms with Crippen LogP contribution >= 0.6 is 0 Å². The number of benzene rings is 1. The van der Waals surface area contributed by atoms with Crippen LogP contribution < -0.4 is 14.8 Å². The van der Waals surface area contributed by atoms with Crippen LogP contribution in [0.4, 0.5) is 11.5 Å². The summed E-state index contributed by atoms with van der Waals surface area (Å²) < 4.78 is 12.5. The molecule has 3 rings (SSSR count). The van der Waals surface area contributed by atoms with Gasteiger partial charge in [0.15, 0.2) is 17.3 Å². The third-order valence-electron chi connectivity index (χ3n) is 3.64. The molecule has 0 radical (unpaired) electrons. The molecule has 0 bridgehead atoms. The van der Waals surface area contributed by atoms with E-state index in [-0.39, 0.29) is 5.41 Å². The quantitative estimate of drug-likeness (QED) is 0.793. The number of ether oxygens (including phenoxy) is 2. The Morgan fingerprint density at radius 2 is 1.79 bits per heavy atom. The molecule has 0 fully saturated rings. The monoisotopic (exact) mass is 327 g/mol. The van der Waals surface area contributed by atoms with Gasteiger partial charge < -0.3 is 14.8 Å². The Morgan fingerprint density at radius 1 is 1.04 bits per heavy atom. The fourth-order valence-electron chi connectivity index (χ4n) is 2.48. The lowest BCUT2D eigenvalue weighted by molar-refractivity contribution is 0.355. The normalized spacial score (nSPS) is 11.5. The van der Waals surface area contributed by atoms with Gasteiger partial charge in [0, 0.05) is 29.6 Å². The third-order valence-corrected chi connectivity index (χ3v) is 3.64. The maximum Gasteiger partial charge on any atom is 0.204 e. The fraction of sp³-hybridized carbons (Fsp3) is 0.353. The van der Waals surface area contributed by atoms with E-state index < -0.39 is 0 Å². The van der Waals surface area contributed by atoms with Crippen molar-refractivity contribution in [2.24, 2.45) is 0 Å². The lowest BCUT2D eigenvalue weighted by Gasteiger charge is -2.16. The standard InChI is InChI=1S/C17H21N5O2/c1-17(2,3)16-21-20-15-14(18-8-9-22(15)16)19-11-6-7-12(23-4)13(10-11)24-5/h6-10H,1-5H3,(H,18,19). The molecule has 0 aliphatic heterocycles. The van der Waals surface area contributed by atoms with Crippen LogP contribution in [-0.4, -0.2) is 33.8 Å². The van der Waals surface area contributed by atoms with Crippen LogP contribution in [0.3, 0.4) is 0 Å². The second-order valence-electron chi connectivity index (χ2n) is 6.44. The van der Waals surface area contributed by atoms with Crippen molar-refractivity contribution >= 4 is 17.2 Å². The van der Waals surface area contributed by atoms with Gasteiger partial charge in [0.1, 0.15) is 5.82 Å². The highest BCUT2D eigenvalue weighted by molar-refractivity contribution is 5.71. The number of anilines is 2. The zero-order valence-corrected chi connectivity index (χ0v) is 14.5. The highest BCUT2D eigenvalue weighted by Gasteiger charge is 2.22. The van der Waals surface area contributed by atoms with Crippen LogP contribution in [0.5, 0.6) is 11.5 Å². The first-order valence-corrected chi connectivity index (χ1v) is 7.63. The van der Waals surface area contributed by atoms with Gasteiger partial charge >= 0.3 is 0 Å². The molecule has 7 nitrogen and oxygen atoms in total. The molecule has 2 heterocycles. The van der Waals surface area contributed by atoms with Gasteiger partial charge in [0.25, 0.3) is 0 Å². The predicted octanol–water partition coefficient (Wildman–Crippen LogP) is 3.18. The van der Waals surface area contributed by atoms with Crippen molar-refractivity contribution in [3.8, 4) is 11.5 Å². The first-order valence-electron chi connectivity index (χ1n) is 7.63. The van der Waals surface area contributed by atoms with Crippen molar-refractivity contribution in [1.82, 2.24) is 19.6 Å². The molecular formula is C17H21N5O2. The number of nitrogens with one attached hydrogen (secondary N) is 1. The molecule has 0 atom stereocenters. The van der Waals surface area contributed by atoms with E-state index in [1.165, 1.54) is 0 Å². The Kier molecular flexibility index (Phi) is 4.01. The van der Waals surface area contributed by atoms with E-state index >= 15 is 0 Å². The molecule has 126 valence electrons. The number of fused-ring (bicyclic) bond motifs is 1. The van der Waals surface area contributed by atoms with Gasteiger partial charge in [-0.1, -0.05) is 20.8 Å². The maximum absolute atomic E-state index is 5.33. The summed E-state index contributed by atoms with van der Waals surface area (Å²) in [4.78, 5) is 4.39. The molecule has 24 heavy (non-hydrogen) atoms. The van der Waals surface area contributed by atoms with Crippen LogP contribution in [0.2, 0.25) is 0 Å². The summed E-state index contributed by atoms with van der Waals surface area (Å²) in [6.07, 6.45) is 3.60. The van der Waals surface area contributed by atoms with Crippen molar-refractivity contribution in [1.29, 1.82) is 0 Å².